The zero-order valence-electron chi connectivity index (χ0n) is 19.3. The first kappa shape index (κ1) is 23.9. The van der Waals surface area contributed by atoms with E-state index < -0.39 is 17.8 Å². The molecule has 5 N–H and O–H groups in total. The van der Waals surface area contributed by atoms with Gasteiger partial charge in [-0.2, -0.15) is 0 Å². The van der Waals surface area contributed by atoms with Crippen LogP contribution in [-0.4, -0.2) is 12.5 Å². The second kappa shape index (κ2) is 9.91. The van der Waals surface area contributed by atoms with Crippen LogP contribution < -0.4 is 21.5 Å². The van der Waals surface area contributed by atoms with E-state index in [2.05, 4.69) is 5.32 Å². The van der Waals surface area contributed by atoms with Crippen LogP contribution in [0.3, 0.4) is 0 Å². The molecule has 0 bridgehead atoms. The molecule has 0 radical (unpaired) electrons. The van der Waals surface area contributed by atoms with Crippen LogP contribution in [0, 0.1) is 25.5 Å². The normalized spacial score (nSPS) is 14.1. The van der Waals surface area contributed by atoms with Crippen LogP contribution in [0.1, 0.15) is 63.8 Å². The standard InChI is InChI=1S/C27H29F2N3O2/c1-15-12-22(27(33)32-19-6-7-23(29)21(13-19)24(31)9-10-30)26(14-20(15)17-3-4-17)34-25-8-5-18(28)11-16(25)2/h5-8,11-14,17,24H,3-4,9-10,30-31H2,1-2H3,(H,32,33). The highest BCUT2D eigenvalue weighted by atomic mass is 19.1. The van der Waals surface area contributed by atoms with E-state index in [9.17, 15) is 13.6 Å². The van der Waals surface area contributed by atoms with Crippen molar-refractivity contribution in [3.05, 3.63) is 88.0 Å². The number of rotatable bonds is 8. The molecule has 7 heteroatoms. The van der Waals surface area contributed by atoms with E-state index in [1.165, 1.54) is 30.3 Å². The molecule has 3 aromatic rings. The van der Waals surface area contributed by atoms with E-state index in [-0.39, 0.29) is 5.82 Å². The summed E-state index contributed by atoms with van der Waals surface area (Å²) in [6.07, 6.45) is 2.62. The highest BCUT2D eigenvalue weighted by Gasteiger charge is 2.28. The van der Waals surface area contributed by atoms with Gasteiger partial charge < -0.3 is 21.5 Å². The summed E-state index contributed by atoms with van der Waals surface area (Å²) in [5.74, 6) is 0.118. The molecule has 34 heavy (non-hydrogen) atoms. The van der Waals surface area contributed by atoms with Crippen molar-refractivity contribution >= 4 is 11.6 Å². The van der Waals surface area contributed by atoms with Gasteiger partial charge in [-0.25, -0.2) is 8.78 Å². The predicted molar refractivity (Wildman–Crippen MR) is 129 cm³/mol. The Kier molecular flexibility index (Phi) is 6.95. The van der Waals surface area contributed by atoms with Crippen LogP contribution in [0.5, 0.6) is 11.5 Å². The van der Waals surface area contributed by atoms with Crippen LogP contribution in [0.25, 0.3) is 0 Å². The molecule has 1 aliphatic rings. The van der Waals surface area contributed by atoms with Gasteiger partial charge in [0, 0.05) is 17.3 Å². The van der Waals surface area contributed by atoms with Crippen molar-refractivity contribution in [2.45, 2.75) is 45.1 Å². The number of nitrogens with two attached hydrogens (primary N) is 2. The smallest absolute Gasteiger partial charge is 0.259 e. The zero-order valence-corrected chi connectivity index (χ0v) is 19.3. The van der Waals surface area contributed by atoms with E-state index >= 15 is 0 Å². The molecule has 5 nitrogen and oxygen atoms in total. The van der Waals surface area contributed by atoms with Crippen molar-refractivity contribution in [2.24, 2.45) is 11.5 Å². The SMILES string of the molecule is Cc1cc(F)ccc1Oc1cc(C2CC2)c(C)cc1C(=O)Nc1ccc(F)c(C(N)CCN)c1. The van der Waals surface area contributed by atoms with Gasteiger partial charge in [0.05, 0.1) is 5.56 Å². The Hall–Kier alpha value is -3.29. The van der Waals surface area contributed by atoms with Gasteiger partial charge in [-0.15, -0.1) is 0 Å². The fraction of sp³-hybridized carbons (Fsp3) is 0.296. The van der Waals surface area contributed by atoms with E-state index in [0.717, 1.165) is 24.0 Å². The first-order chi connectivity index (χ1) is 16.3. The molecule has 1 atom stereocenters. The Balaban J connectivity index is 1.67. The summed E-state index contributed by atoms with van der Waals surface area (Å²) >= 11 is 0. The highest BCUT2D eigenvalue weighted by Crippen LogP contribution is 2.44. The van der Waals surface area contributed by atoms with E-state index in [1.54, 1.807) is 13.0 Å². The number of nitrogens with one attached hydrogen (secondary N) is 1. The number of benzene rings is 3. The average Bonchev–Trinajstić information content (AvgIpc) is 3.63. The summed E-state index contributed by atoms with van der Waals surface area (Å²) in [5, 5.41) is 2.83. The van der Waals surface area contributed by atoms with Gasteiger partial charge in [0.2, 0.25) is 0 Å². The van der Waals surface area contributed by atoms with Gasteiger partial charge in [0.1, 0.15) is 23.1 Å². The van der Waals surface area contributed by atoms with Crippen molar-refractivity contribution in [3.63, 3.8) is 0 Å². The number of hydrogen-bond donors (Lipinski definition) is 3. The molecule has 0 heterocycles. The molecule has 1 saturated carbocycles. The van der Waals surface area contributed by atoms with Gasteiger partial charge >= 0.3 is 0 Å². The number of amides is 1. The third kappa shape index (κ3) is 5.26. The molecule has 1 amide bonds. The molecule has 1 unspecified atom stereocenters. The molecule has 0 saturated heterocycles. The predicted octanol–water partition coefficient (Wildman–Crippen LogP) is 5.85. The van der Waals surface area contributed by atoms with Crippen LogP contribution in [0.15, 0.2) is 48.5 Å². The minimum Gasteiger partial charge on any atom is -0.456 e. The number of anilines is 1. The number of halogens is 2. The monoisotopic (exact) mass is 465 g/mol. The lowest BCUT2D eigenvalue weighted by Crippen LogP contribution is -2.18. The fourth-order valence-corrected chi connectivity index (χ4v) is 4.08. The second-order valence-corrected chi connectivity index (χ2v) is 8.87. The summed E-state index contributed by atoms with van der Waals surface area (Å²) in [6.45, 7) is 4.05. The maximum absolute atomic E-state index is 14.3. The summed E-state index contributed by atoms with van der Waals surface area (Å²) in [6, 6.07) is 11.7. The van der Waals surface area contributed by atoms with Crippen molar-refractivity contribution in [1.82, 2.24) is 0 Å². The van der Waals surface area contributed by atoms with Crippen molar-refractivity contribution in [1.29, 1.82) is 0 Å². The molecule has 4 rings (SSSR count). The average molecular weight is 466 g/mol. The number of aryl methyl sites for hydroxylation is 2. The van der Waals surface area contributed by atoms with Gasteiger partial charge in [0.25, 0.3) is 5.91 Å². The molecule has 3 aromatic carbocycles. The summed E-state index contributed by atoms with van der Waals surface area (Å²) in [5.41, 5.74) is 15.4. The van der Waals surface area contributed by atoms with Gasteiger partial charge in [0.15, 0.2) is 0 Å². The first-order valence-electron chi connectivity index (χ1n) is 11.4. The van der Waals surface area contributed by atoms with E-state index in [0.29, 0.717) is 52.8 Å². The Morgan fingerprint density at radius 3 is 2.50 bits per heavy atom. The Morgan fingerprint density at radius 1 is 1.06 bits per heavy atom. The molecule has 0 aromatic heterocycles. The van der Waals surface area contributed by atoms with Crippen LogP contribution in [0.2, 0.25) is 0 Å². The third-order valence-electron chi connectivity index (χ3n) is 6.12. The van der Waals surface area contributed by atoms with Crippen molar-refractivity contribution < 1.29 is 18.3 Å². The quantitative estimate of drug-likeness (QED) is 0.389. The summed E-state index contributed by atoms with van der Waals surface area (Å²) in [4.78, 5) is 13.3. The molecule has 1 fully saturated rings. The van der Waals surface area contributed by atoms with Gasteiger partial charge in [-0.05, 0) is 111 Å². The summed E-state index contributed by atoms with van der Waals surface area (Å²) < 4.78 is 34.0. The lowest BCUT2D eigenvalue weighted by atomic mass is 9.99. The van der Waals surface area contributed by atoms with E-state index in [1.807, 2.05) is 19.1 Å². The molecule has 0 spiro atoms. The molecule has 1 aliphatic carbocycles. The third-order valence-corrected chi connectivity index (χ3v) is 6.12. The van der Waals surface area contributed by atoms with Crippen LogP contribution in [-0.2, 0) is 0 Å². The van der Waals surface area contributed by atoms with Gasteiger partial charge in [-0.1, -0.05) is 0 Å². The lowest BCUT2D eigenvalue weighted by Gasteiger charge is -2.17. The van der Waals surface area contributed by atoms with Crippen molar-refractivity contribution in [3.8, 4) is 11.5 Å². The Morgan fingerprint density at radius 2 is 1.82 bits per heavy atom. The Labute approximate surface area is 198 Å². The van der Waals surface area contributed by atoms with E-state index in [4.69, 9.17) is 16.2 Å². The van der Waals surface area contributed by atoms with Crippen LogP contribution >= 0.6 is 0 Å². The van der Waals surface area contributed by atoms with Crippen molar-refractivity contribution in [2.75, 3.05) is 11.9 Å². The second-order valence-electron chi connectivity index (χ2n) is 8.87. The largest absolute Gasteiger partial charge is 0.456 e. The number of carbonyl (C=O) groups excluding carboxylic acids is 1. The number of hydrogen-bond acceptors (Lipinski definition) is 4. The minimum atomic E-state index is -0.567. The minimum absolute atomic E-state index is 0.293. The Bertz CT molecular complexity index is 1220. The first-order valence-corrected chi connectivity index (χ1v) is 11.4. The zero-order chi connectivity index (χ0) is 24.4. The topological polar surface area (TPSA) is 90.4 Å². The molecule has 178 valence electrons. The summed E-state index contributed by atoms with van der Waals surface area (Å²) in [7, 11) is 0. The van der Waals surface area contributed by atoms with Crippen LogP contribution in [0.4, 0.5) is 14.5 Å². The maximum Gasteiger partial charge on any atom is 0.259 e. The molecular formula is C27H29F2N3O2. The number of ether oxygens (including phenoxy) is 1. The fourth-order valence-electron chi connectivity index (χ4n) is 4.08. The highest BCUT2D eigenvalue weighted by molar-refractivity contribution is 6.06. The van der Waals surface area contributed by atoms with Gasteiger partial charge in [-0.3, -0.25) is 4.79 Å². The lowest BCUT2D eigenvalue weighted by molar-refractivity contribution is 0.102. The number of carbonyl (C=O) groups is 1. The maximum atomic E-state index is 14.3. The molecular weight excluding hydrogens is 436 g/mol. The molecule has 0 aliphatic heterocycles.